The molecule has 2 heterocycles. The molecule has 0 fully saturated rings. The highest BCUT2D eigenvalue weighted by Gasteiger charge is 2.16. The Bertz CT molecular complexity index is 703. The zero-order chi connectivity index (χ0) is 14.7. The molecule has 2 aromatic heterocycles. The van der Waals surface area contributed by atoms with Crippen molar-refractivity contribution in [2.24, 2.45) is 0 Å². The summed E-state index contributed by atoms with van der Waals surface area (Å²) in [5, 5.41) is 5.24. The molecule has 0 radical (unpaired) electrons. The summed E-state index contributed by atoms with van der Waals surface area (Å²) in [5.74, 6) is 1.94. The number of rotatable bonds is 6. The molecule has 0 spiro atoms. The lowest BCUT2D eigenvalue weighted by Gasteiger charge is -2.14. The number of furan rings is 2. The maximum Gasteiger partial charge on any atom is 0.134 e. The number of aryl methyl sites for hydroxylation is 1. The summed E-state index contributed by atoms with van der Waals surface area (Å²) in [6.45, 7) is 2.99. The highest BCUT2D eigenvalue weighted by molar-refractivity contribution is 6.31. The summed E-state index contributed by atoms with van der Waals surface area (Å²) in [7, 11) is 0. The molecule has 0 aliphatic heterocycles. The molecule has 1 unspecified atom stereocenters. The second kappa shape index (κ2) is 6.37. The van der Waals surface area contributed by atoms with Gasteiger partial charge in [0.2, 0.25) is 0 Å². The highest BCUT2D eigenvalue weighted by Crippen LogP contribution is 2.28. The van der Waals surface area contributed by atoms with E-state index in [9.17, 15) is 0 Å². The van der Waals surface area contributed by atoms with Crippen LogP contribution in [0.1, 0.15) is 30.9 Å². The first-order chi connectivity index (χ1) is 10.3. The van der Waals surface area contributed by atoms with Gasteiger partial charge in [0.05, 0.1) is 12.3 Å². The normalized spacial score (nSPS) is 12.9. The van der Waals surface area contributed by atoms with Crippen molar-refractivity contribution in [2.75, 3.05) is 6.54 Å². The fourth-order valence-corrected chi connectivity index (χ4v) is 2.72. The van der Waals surface area contributed by atoms with E-state index < -0.39 is 0 Å². The average Bonchev–Trinajstić information content (AvgIpc) is 3.11. The van der Waals surface area contributed by atoms with Crippen LogP contribution in [0.2, 0.25) is 5.02 Å². The van der Waals surface area contributed by atoms with Crippen molar-refractivity contribution in [2.45, 2.75) is 25.8 Å². The van der Waals surface area contributed by atoms with E-state index in [2.05, 4.69) is 18.3 Å². The van der Waals surface area contributed by atoms with Crippen molar-refractivity contribution in [3.63, 3.8) is 0 Å². The Morgan fingerprint density at radius 1 is 1.24 bits per heavy atom. The molecular formula is C17H18ClNO2. The Balaban J connectivity index is 1.80. The monoisotopic (exact) mass is 303 g/mol. The molecule has 0 aliphatic carbocycles. The lowest BCUT2D eigenvalue weighted by atomic mass is 10.1. The SMILES string of the molecule is CCNC(CCc1ccco1)c1cc2cc(Cl)ccc2o1. The third-order valence-corrected chi connectivity index (χ3v) is 3.79. The molecule has 0 amide bonds. The van der Waals surface area contributed by atoms with Crippen LogP contribution in [0, 0.1) is 0 Å². The van der Waals surface area contributed by atoms with E-state index in [0.29, 0.717) is 0 Å². The van der Waals surface area contributed by atoms with Gasteiger partial charge in [-0.05, 0) is 49.4 Å². The minimum absolute atomic E-state index is 0.172. The second-order valence-electron chi connectivity index (χ2n) is 5.06. The summed E-state index contributed by atoms with van der Waals surface area (Å²) >= 11 is 6.03. The van der Waals surface area contributed by atoms with Crippen LogP contribution in [0.15, 0.2) is 51.5 Å². The third kappa shape index (κ3) is 3.31. The fraction of sp³-hybridized carbons (Fsp3) is 0.294. The number of nitrogens with one attached hydrogen (secondary N) is 1. The van der Waals surface area contributed by atoms with Gasteiger partial charge in [-0.2, -0.15) is 0 Å². The van der Waals surface area contributed by atoms with Gasteiger partial charge in [-0.3, -0.25) is 0 Å². The van der Waals surface area contributed by atoms with Crippen LogP contribution < -0.4 is 5.32 Å². The van der Waals surface area contributed by atoms with Gasteiger partial charge in [0.1, 0.15) is 17.1 Å². The molecule has 21 heavy (non-hydrogen) atoms. The van der Waals surface area contributed by atoms with Gasteiger partial charge in [-0.1, -0.05) is 18.5 Å². The largest absolute Gasteiger partial charge is 0.469 e. The first kappa shape index (κ1) is 14.2. The standard InChI is InChI=1S/C17H18ClNO2/c1-2-19-15(7-6-14-4-3-9-20-14)17-11-12-10-13(18)5-8-16(12)21-17/h3-5,8-11,15,19H,2,6-7H2,1H3. The highest BCUT2D eigenvalue weighted by atomic mass is 35.5. The quantitative estimate of drug-likeness (QED) is 0.699. The van der Waals surface area contributed by atoms with Gasteiger partial charge in [-0.15, -0.1) is 0 Å². The summed E-state index contributed by atoms with van der Waals surface area (Å²) < 4.78 is 11.4. The van der Waals surface area contributed by atoms with E-state index in [1.165, 1.54) is 0 Å². The van der Waals surface area contributed by atoms with E-state index >= 15 is 0 Å². The lowest BCUT2D eigenvalue weighted by Crippen LogP contribution is -2.20. The number of fused-ring (bicyclic) bond motifs is 1. The van der Waals surface area contributed by atoms with Gasteiger partial charge < -0.3 is 14.2 Å². The Morgan fingerprint density at radius 2 is 2.14 bits per heavy atom. The molecule has 3 rings (SSSR count). The Kier molecular flexibility index (Phi) is 4.32. The average molecular weight is 304 g/mol. The van der Waals surface area contributed by atoms with Gasteiger partial charge in [0.25, 0.3) is 0 Å². The molecule has 3 nitrogen and oxygen atoms in total. The smallest absolute Gasteiger partial charge is 0.134 e. The molecular weight excluding hydrogens is 286 g/mol. The van der Waals surface area contributed by atoms with Crippen molar-refractivity contribution in [1.29, 1.82) is 0 Å². The first-order valence-electron chi connectivity index (χ1n) is 7.21. The molecule has 1 atom stereocenters. The van der Waals surface area contributed by atoms with E-state index in [4.69, 9.17) is 20.4 Å². The number of hydrogen-bond acceptors (Lipinski definition) is 3. The number of halogens is 1. The predicted octanol–water partition coefficient (Wildman–Crippen LogP) is 4.96. The summed E-state index contributed by atoms with van der Waals surface area (Å²) in [5.41, 5.74) is 0.871. The van der Waals surface area contributed by atoms with Crippen LogP contribution in [0.5, 0.6) is 0 Å². The Morgan fingerprint density at radius 3 is 2.90 bits per heavy atom. The number of hydrogen-bond donors (Lipinski definition) is 1. The second-order valence-corrected chi connectivity index (χ2v) is 5.50. The molecule has 0 bridgehead atoms. The van der Waals surface area contributed by atoms with Crippen LogP contribution in [-0.4, -0.2) is 6.54 Å². The van der Waals surface area contributed by atoms with Crippen molar-refractivity contribution < 1.29 is 8.83 Å². The summed E-state index contributed by atoms with van der Waals surface area (Å²) in [6.07, 6.45) is 3.51. The maximum absolute atomic E-state index is 6.03. The van der Waals surface area contributed by atoms with Crippen LogP contribution in [0.4, 0.5) is 0 Å². The molecule has 110 valence electrons. The minimum Gasteiger partial charge on any atom is -0.469 e. The van der Waals surface area contributed by atoms with E-state index in [1.54, 1.807) is 6.26 Å². The molecule has 4 heteroatoms. The van der Waals surface area contributed by atoms with Crippen molar-refractivity contribution in [1.82, 2.24) is 5.32 Å². The minimum atomic E-state index is 0.172. The molecule has 1 N–H and O–H groups in total. The zero-order valence-electron chi connectivity index (χ0n) is 11.9. The first-order valence-corrected chi connectivity index (χ1v) is 7.59. The van der Waals surface area contributed by atoms with Crippen molar-refractivity contribution in [3.05, 3.63) is 59.2 Å². The molecule has 0 aliphatic rings. The Hall–Kier alpha value is -1.71. The lowest BCUT2D eigenvalue weighted by molar-refractivity contribution is 0.402. The van der Waals surface area contributed by atoms with Gasteiger partial charge in [-0.25, -0.2) is 0 Å². The zero-order valence-corrected chi connectivity index (χ0v) is 12.7. The molecule has 1 aromatic carbocycles. The topological polar surface area (TPSA) is 38.3 Å². The maximum atomic E-state index is 6.03. The molecule has 0 saturated carbocycles. The van der Waals surface area contributed by atoms with Crippen LogP contribution >= 0.6 is 11.6 Å². The fourth-order valence-electron chi connectivity index (χ4n) is 2.54. The van der Waals surface area contributed by atoms with Gasteiger partial charge >= 0.3 is 0 Å². The van der Waals surface area contributed by atoms with Crippen molar-refractivity contribution in [3.8, 4) is 0 Å². The van der Waals surface area contributed by atoms with E-state index in [1.807, 2.05) is 30.3 Å². The van der Waals surface area contributed by atoms with E-state index in [-0.39, 0.29) is 6.04 Å². The third-order valence-electron chi connectivity index (χ3n) is 3.55. The predicted molar refractivity (Wildman–Crippen MR) is 84.7 cm³/mol. The summed E-state index contributed by atoms with van der Waals surface area (Å²) in [6, 6.07) is 11.9. The van der Waals surface area contributed by atoms with Gasteiger partial charge in [0, 0.05) is 16.8 Å². The Labute approximate surface area is 128 Å². The van der Waals surface area contributed by atoms with Gasteiger partial charge in [0.15, 0.2) is 0 Å². The molecule has 3 aromatic rings. The van der Waals surface area contributed by atoms with Crippen molar-refractivity contribution >= 4 is 22.6 Å². The molecule has 0 saturated heterocycles. The van der Waals surface area contributed by atoms with Crippen LogP contribution in [-0.2, 0) is 6.42 Å². The summed E-state index contributed by atoms with van der Waals surface area (Å²) in [4.78, 5) is 0. The van der Waals surface area contributed by atoms with Crippen LogP contribution in [0.25, 0.3) is 11.0 Å². The van der Waals surface area contributed by atoms with E-state index in [0.717, 1.165) is 46.9 Å². The number of benzene rings is 1. The van der Waals surface area contributed by atoms with Crippen LogP contribution in [0.3, 0.4) is 0 Å².